The normalized spacial score (nSPS) is 23.7. The van der Waals surface area contributed by atoms with Crippen LogP contribution >= 0.6 is 22.6 Å². The van der Waals surface area contributed by atoms with E-state index in [0.29, 0.717) is 15.4 Å². The molecule has 21 heavy (non-hydrogen) atoms. The summed E-state index contributed by atoms with van der Waals surface area (Å²) in [4.78, 5) is 0. The third-order valence-corrected chi connectivity index (χ3v) is 5.38. The zero-order chi connectivity index (χ0) is 15.6. The summed E-state index contributed by atoms with van der Waals surface area (Å²) in [6.45, 7) is 6.45. The fraction of sp³-hybridized carbons (Fsp3) is 0.556. The smallest absolute Gasteiger partial charge is 0.123 e. The first kappa shape index (κ1) is 16.7. The van der Waals surface area contributed by atoms with Gasteiger partial charge in [0.2, 0.25) is 0 Å². The van der Waals surface area contributed by atoms with E-state index >= 15 is 0 Å². The molecule has 3 atom stereocenters. The lowest BCUT2D eigenvalue weighted by atomic mass is 9.75. The van der Waals surface area contributed by atoms with Gasteiger partial charge in [-0.05, 0) is 49.8 Å². The van der Waals surface area contributed by atoms with Crippen molar-refractivity contribution in [1.82, 2.24) is 0 Å². The van der Waals surface area contributed by atoms with Gasteiger partial charge in [0.05, 0.1) is 0 Å². The second-order valence-corrected chi connectivity index (χ2v) is 8.18. The Hall–Kier alpha value is -0.710. The topological polar surface area (TPSA) is 40.5 Å². The van der Waals surface area contributed by atoms with E-state index in [2.05, 4.69) is 49.4 Å². The largest absolute Gasteiger partial charge is 0.507 e. The molecule has 116 valence electrons. The van der Waals surface area contributed by atoms with Crippen LogP contribution in [0.1, 0.15) is 57.1 Å². The van der Waals surface area contributed by atoms with E-state index in [4.69, 9.17) is 0 Å². The first-order chi connectivity index (χ1) is 9.93. The van der Waals surface area contributed by atoms with Gasteiger partial charge in [0.1, 0.15) is 11.5 Å². The number of hydrogen-bond acceptors (Lipinski definition) is 2. The number of halogens is 1. The maximum atomic E-state index is 10.4. The quantitative estimate of drug-likeness (QED) is 0.408. The molecular formula is C18H25IO2. The Bertz CT molecular complexity index is 511. The van der Waals surface area contributed by atoms with Crippen LogP contribution < -0.4 is 0 Å². The second-order valence-electron chi connectivity index (χ2n) is 6.22. The molecule has 1 aromatic rings. The fourth-order valence-electron chi connectivity index (χ4n) is 3.35. The van der Waals surface area contributed by atoms with Gasteiger partial charge in [0.15, 0.2) is 0 Å². The fourth-order valence-corrected chi connectivity index (χ4v) is 4.16. The van der Waals surface area contributed by atoms with E-state index in [0.717, 1.165) is 31.2 Å². The van der Waals surface area contributed by atoms with Crippen LogP contribution in [0, 0.1) is 5.92 Å². The highest BCUT2D eigenvalue weighted by molar-refractivity contribution is 14.1. The van der Waals surface area contributed by atoms with Crippen molar-refractivity contribution in [3.8, 4) is 11.5 Å². The van der Waals surface area contributed by atoms with Crippen LogP contribution in [0.25, 0.3) is 0 Å². The second kappa shape index (κ2) is 7.03. The van der Waals surface area contributed by atoms with Gasteiger partial charge in [-0.25, -0.2) is 0 Å². The summed E-state index contributed by atoms with van der Waals surface area (Å²) in [5.41, 5.74) is 3.07. The highest BCUT2D eigenvalue weighted by Crippen LogP contribution is 2.46. The van der Waals surface area contributed by atoms with Crippen LogP contribution in [-0.4, -0.2) is 14.1 Å². The summed E-state index contributed by atoms with van der Waals surface area (Å²) in [6.07, 6.45) is 6.36. The minimum atomic E-state index is 0.112. The Morgan fingerprint density at radius 3 is 2.43 bits per heavy atom. The maximum absolute atomic E-state index is 10.4. The maximum Gasteiger partial charge on any atom is 0.123 e. The van der Waals surface area contributed by atoms with Gasteiger partial charge in [-0.3, -0.25) is 0 Å². The van der Waals surface area contributed by atoms with Gasteiger partial charge < -0.3 is 10.2 Å². The van der Waals surface area contributed by atoms with Crippen molar-refractivity contribution in [2.24, 2.45) is 5.92 Å². The van der Waals surface area contributed by atoms with Crippen LogP contribution in [0.3, 0.4) is 0 Å². The van der Waals surface area contributed by atoms with Gasteiger partial charge >= 0.3 is 0 Å². The Kier molecular flexibility index (Phi) is 5.58. The average molecular weight is 400 g/mol. The summed E-state index contributed by atoms with van der Waals surface area (Å²) in [6, 6.07) is 3.65. The Morgan fingerprint density at radius 2 is 1.90 bits per heavy atom. The van der Waals surface area contributed by atoms with Crippen molar-refractivity contribution in [3.63, 3.8) is 0 Å². The molecule has 0 heterocycles. The van der Waals surface area contributed by atoms with E-state index in [1.54, 1.807) is 0 Å². The van der Waals surface area contributed by atoms with Gasteiger partial charge in [0.25, 0.3) is 0 Å². The highest BCUT2D eigenvalue weighted by atomic mass is 127. The van der Waals surface area contributed by atoms with Crippen molar-refractivity contribution in [1.29, 1.82) is 0 Å². The molecule has 0 fully saturated rings. The lowest BCUT2D eigenvalue weighted by molar-refractivity contribution is 0.384. The molecular weight excluding hydrogens is 375 g/mol. The lowest BCUT2D eigenvalue weighted by Gasteiger charge is -2.33. The van der Waals surface area contributed by atoms with Crippen LogP contribution in [0.5, 0.6) is 11.5 Å². The molecule has 0 aliphatic heterocycles. The van der Waals surface area contributed by atoms with Gasteiger partial charge in [-0.2, -0.15) is 0 Å². The van der Waals surface area contributed by atoms with Gasteiger partial charge in [-0.15, -0.1) is 0 Å². The predicted octanol–water partition coefficient (Wildman–Crippen LogP) is 5.31. The molecule has 1 aliphatic rings. The molecule has 2 nitrogen and oxygen atoms in total. The predicted molar refractivity (Wildman–Crippen MR) is 96.5 cm³/mol. The van der Waals surface area contributed by atoms with Crippen molar-refractivity contribution in [2.45, 2.75) is 56.3 Å². The molecule has 0 aromatic heterocycles. The third-order valence-electron chi connectivity index (χ3n) is 4.46. The summed E-state index contributed by atoms with van der Waals surface area (Å²) in [7, 11) is 0. The molecule has 2 rings (SSSR count). The van der Waals surface area contributed by atoms with Crippen LogP contribution in [0.15, 0.2) is 23.8 Å². The molecule has 3 heteroatoms. The first-order valence-electron chi connectivity index (χ1n) is 7.80. The Balaban J connectivity index is 2.45. The molecule has 2 N–H and O–H groups in total. The van der Waals surface area contributed by atoms with Gasteiger partial charge in [0, 0.05) is 15.4 Å². The molecule has 1 aromatic carbocycles. The van der Waals surface area contributed by atoms with E-state index in [9.17, 15) is 10.2 Å². The van der Waals surface area contributed by atoms with Crippen molar-refractivity contribution in [2.75, 3.05) is 0 Å². The Morgan fingerprint density at radius 1 is 1.29 bits per heavy atom. The molecule has 0 radical (unpaired) electrons. The molecule has 1 unspecified atom stereocenters. The number of aromatic hydroxyl groups is 2. The minimum Gasteiger partial charge on any atom is -0.507 e. The third kappa shape index (κ3) is 3.74. The summed E-state index contributed by atoms with van der Waals surface area (Å²) < 4.78 is 0.506. The number of alkyl halides is 1. The SMILES string of the molecule is CCCc1cc(O)c([C@@H]2C=C(C)CC[C@H]2C(C)I)c(O)c1. The van der Waals surface area contributed by atoms with Crippen molar-refractivity contribution < 1.29 is 10.2 Å². The lowest BCUT2D eigenvalue weighted by Crippen LogP contribution is -2.22. The number of aryl methyl sites for hydroxylation is 1. The molecule has 0 saturated heterocycles. The molecule has 0 saturated carbocycles. The van der Waals surface area contributed by atoms with Gasteiger partial charge in [-0.1, -0.05) is 54.5 Å². The first-order valence-corrected chi connectivity index (χ1v) is 9.04. The summed E-state index contributed by atoms with van der Waals surface area (Å²) >= 11 is 2.46. The van der Waals surface area contributed by atoms with Crippen LogP contribution in [0.2, 0.25) is 0 Å². The summed E-state index contributed by atoms with van der Waals surface area (Å²) in [5, 5.41) is 20.9. The van der Waals surface area contributed by atoms with E-state index in [1.165, 1.54) is 5.57 Å². The summed E-state index contributed by atoms with van der Waals surface area (Å²) in [5.74, 6) is 1.07. The number of phenolic OH excluding ortho intramolecular Hbond substituents is 2. The number of rotatable bonds is 4. The van der Waals surface area contributed by atoms with Crippen LogP contribution in [0.4, 0.5) is 0 Å². The van der Waals surface area contributed by atoms with Crippen LogP contribution in [-0.2, 0) is 6.42 Å². The number of benzene rings is 1. The van der Waals surface area contributed by atoms with Crippen molar-refractivity contribution >= 4 is 22.6 Å². The standard InChI is InChI=1S/C18H25IO2/c1-4-5-13-9-16(20)18(17(21)10-13)15-8-11(2)6-7-14(15)12(3)19/h8-10,12,14-15,20-21H,4-7H2,1-3H3/t12?,14-,15+/m0/s1. The monoisotopic (exact) mass is 400 g/mol. The molecule has 0 spiro atoms. The highest BCUT2D eigenvalue weighted by Gasteiger charge is 2.32. The number of phenols is 2. The number of hydrogen-bond donors (Lipinski definition) is 2. The zero-order valence-corrected chi connectivity index (χ0v) is 15.2. The van der Waals surface area contributed by atoms with E-state index < -0.39 is 0 Å². The Labute approximate surface area is 141 Å². The van der Waals surface area contributed by atoms with E-state index in [-0.39, 0.29) is 17.4 Å². The molecule has 1 aliphatic carbocycles. The minimum absolute atomic E-state index is 0.112. The van der Waals surface area contributed by atoms with E-state index in [1.807, 2.05) is 12.1 Å². The van der Waals surface area contributed by atoms with Crippen molar-refractivity contribution in [3.05, 3.63) is 34.9 Å². The zero-order valence-electron chi connectivity index (χ0n) is 13.1. The molecule has 0 amide bonds. The number of allylic oxidation sites excluding steroid dienone is 2. The average Bonchev–Trinajstić information content (AvgIpc) is 2.38. The molecule has 0 bridgehead atoms.